The third-order valence-corrected chi connectivity index (χ3v) is 336. The predicted octanol–water partition coefficient (Wildman–Crippen LogP) is 12.2. The Balaban J connectivity index is 5.56. The molecule has 1 saturated heterocycles. The maximum Gasteiger partial charge on any atom is 0.0465 e. The van der Waals surface area contributed by atoms with Crippen molar-refractivity contribution in [3.05, 3.63) is 0 Å². The molecule has 0 spiro atoms. The number of hydrogen-bond acceptors (Lipinski definition) is 0. The monoisotopic (exact) mass is 776 g/mol. The van der Waals surface area contributed by atoms with Crippen LogP contribution >= 0.6 is 0 Å². The van der Waals surface area contributed by atoms with Gasteiger partial charge in [0.05, 0.1) is 0 Å². The van der Waals surface area contributed by atoms with E-state index in [0.29, 0.717) is 20.2 Å². The van der Waals surface area contributed by atoms with Crippen molar-refractivity contribution in [1.82, 2.24) is 0 Å². The molecule has 0 aromatic rings. The standard InChI is InChI=1S/C32H84Si11/c1-29(2,3)39(27,30(4,5)6)42(40(28,31(7,8)9)32(10,11)12)33-41(34(13,14)15,35(16,17)18)38(25,26)43(42,36(19,20)21)37(22,23)24/h1-28H3. The lowest BCUT2D eigenvalue weighted by Crippen LogP contribution is -3.05. The Morgan fingerprint density at radius 3 is 0.698 bits per heavy atom. The quantitative estimate of drug-likeness (QED) is 0.236. The first-order chi connectivity index (χ1) is 18.0. The van der Waals surface area contributed by atoms with Gasteiger partial charge >= 0.3 is 0 Å². The van der Waals surface area contributed by atoms with Crippen LogP contribution in [0.3, 0.4) is 0 Å². The highest BCUT2D eigenvalue weighted by atomic mass is 30.7. The van der Waals surface area contributed by atoms with Crippen LogP contribution in [0.15, 0.2) is 0 Å². The van der Waals surface area contributed by atoms with Crippen LogP contribution in [-0.4, -0.2) is 79.6 Å². The van der Waals surface area contributed by atoms with E-state index in [9.17, 15) is 0 Å². The highest BCUT2D eigenvalue weighted by molar-refractivity contribution is 8.44. The van der Waals surface area contributed by atoms with Gasteiger partial charge < -0.3 is 0 Å². The first kappa shape index (κ1) is 43.4. The molecule has 1 rings (SSSR count). The van der Waals surface area contributed by atoms with Crippen LogP contribution in [0.2, 0.25) is 125 Å². The van der Waals surface area contributed by atoms with Crippen molar-refractivity contribution in [3.8, 4) is 0 Å². The van der Waals surface area contributed by atoms with E-state index in [1.807, 2.05) is 0 Å². The van der Waals surface area contributed by atoms with E-state index in [0.717, 1.165) is 0 Å². The summed E-state index contributed by atoms with van der Waals surface area (Å²) in [5.41, 5.74) is 0. The van der Waals surface area contributed by atoms with Crippen molar-refractivity contribution in [2.75, 3.05) is 0 Å². The second kappa shape index (κ2) is 10.9. The van der Waals surface area contributed by atoms with Crippen molar-refractivity contribution in [1.29, 1.82) is 0 Å². The Kier molecular flexibility index (Phi) is 11.0. The van der Waals surface area contributed by atoms with Crippen molar-refractivity contribution >= 4 is 79.6 Å². The van der Waals surface area contributed by atoms with Gasteiger partial charge in [0, 0.05) is 79.6 Å². The fourth-order valence-electron chi connectivity index (χ4n) is 14.8. The Hall–Kier alpha value is 2.39. The second-order valence-electron chi connectivity index (χ2n) is 24.2. The minimum Gasteiger partial charge on any atom is -0.0743 e. The van der Waals surface area contributed by atoms with Crippen LogP contribution in [-0.2, 0) is 0 Å². The van der Waals surface area contributed by atoms with E-state index in [4.69, 9.17) is 0 Å². The molecule has 1 heterocycles. The van der Waals surface area contributed by atoms with E-state index >= 15 is 0 Å². The van der Waals surface area contributed by atoms with Crippen molar-refractivity contribution in [3.63, 3.8) is 0 Å². The van der Waals surface area contributed by atoms with Crippen molar-refractivity contribution < 1.29 is 0 Å². The molecule has 0 aliphatic carbocycles. The smallest absolute Gasteiger partial charge is 0.0465 e. The first-order valence-electron chi connectivity index (χ1n) is 17.8. The van der Waals surface area contributed by atoms with Gasteiger partial charge in [0.25, 0.3) is 0 Å². The zero-order valence-electron chi connectivity index (χ0n) is 35.5. The normalized spacial score (nSPS) is 22.6. The molecule has 11 heteroatoms. The molecule has 0 aromatic carbocycles. The van der Waals surface area contributed by atoms with Gasteiger partial charge in [-0.2, -0.15) is 0 Å². The average molecular weight is 778 g/mol. The largest absolute Gasteiger partial charge is 0.0743 e. The fraction of sp³-hybridized carbons (Fsp3) is 1.00. The SMILES string of the molecule is CC(C)(C)[Si](C)(C(C)(C)C)[Si]1([Si](C)(C(C)(C)C)C(C)(C)C)[Si][Si]([Si](C)(C)C)([Si](C)(C)C)[Si](C)(C)[Si]1([Si](C)(C)C)[Si](C)(C)C. The Labute approximate surface area is 285 Å². The lowest BCUT2D eigenvalue weighted by Gasteiger charge is -2.79. The molecule has 256 valence electrons. The first-order valence-corrected chi connectivity index (χ1v) is 57.8. The van der Waals surface area contributed by atoms with Crippen LogP contribution in [0.4, 0.5) is 0 Å². The predicted molar refractivity (Wildman–Crippen MR) is 236 cm³/mol. The van der Waals surface area contributed by atoms with Gasteiger partial charge in [0.2, 0.25) is 0 Å². The van der Waals surface area contributed by atoms with E-state index in [2.05, 4.69) is 188 Å². The lowest BCUT2D eigenvalue weighted by molar-refractivity contribution is 0.625. The van der Waals surface area contributed by atoms with Gasteiger partial charge in [-0.1, -0.05) is 188 Å². The zero-order chi connectivity index (χ0) is 35.7. The highest BCUT2D eigenvalue weighted by Crippen LogP contribution is 2.72. The molecule has 0 amide bonds. The van der Waals surface area contributed by atoms with Gasteiger partial charge in [-0.3, -0.25) is 0 Å². The summed E-state index contributed by atoms with van der Waals surface area (Å²) in [6.45, 7) is 83.0. The molecule has 0 aromatic heterocycles. The van der Waals surface area contributed by atoms with E-state index in [1.54, 1.807) is 0 Å². The minimum absolute atomic E-state index is 0.431. The zero-order valence-corrected chi connectivity index (χ0v) is 46.5. The summed E-state index contributed by atoms with van der Waals surface area (Å²) in [5.74, 6) is 0. The molecule has 0 atom stereocenters. The van der Waals surface area contributed by atoms with Gasteiger partial charge in [-0.15, -0.1) is 0 Å². The summed E-state index contributed by atoms with van der Waals surface area (Å²) < 4.78 is 0. The summed E-state index contributed by atoms with van der Waals surface area (Å²) in [7, 11) is -10.1. The maximum absolute atomic E-state index is 3.25. The Morgan fingerprint density at radius 1 is 0.349 bits per heavy atom. The third kappa shape index (κ3) is 5.07. The molecule has 0 unspecified atom stereocenters. The van der Waals surface area contributed by atoms with E-state index in [1.165, 1.54) is 8.55 Å². The Bertz CT molecular complexity index is 941. The van der Waals surface area contributed by atoms with E-state index < -0.39 is 71.1 Å². The summed E-state index contributed by atoms with van der Waals surface area (Å²) in [6, 6.07) is 0. The number of hydrogen-bond donors (Lipinski definition) is 0. The summed E-state index contributed by atoms with van der Waals surface area (Å²) >= 11 is 0. The van der Waals surface area contributed by atoms with Gasteiger partial charge in [0.1, 0.15) is 0 Å². The lowest BCUT2D eigenvalue weighted by atomic mass is 10.2. The van der Waals surface area contributed by atoms with Gasteiger partial charge in [-0.05, 0) is 20.2 Å². The second-order valence-corrected chi connectivity index (χ2v) is 151. The molecule has 0 N–H and O–H groups in total. The van der Waals surface area contributed by atoms with Crippen molar-refractivity contribution in [2.24, 2.45) is 0 Å². The molecular weight excluding hydrogens is 693 g/mol. The molecule has 0 bridgehead atoms. The summed E-state index contributed by atoms with van der Waals surface area (Å²) in [4.78, 5) is 0. The van der Waals surface area contributed by atoms with Crippen LogP contribution < -0.4 is 0 Å². The van der Waals surface area contributed by atoms with Crippen molar-refractivity contribution in [2.45, 2.75) is 208 Å². The van der Waals surface area contributed by atoms with Gasteiger partial charge in [0.15, 0.2) is 0 Å². The molecule has 43 heavy (non-hydrogen) atoms. The summed E-state index contributed by atoms with van der Waals surface area (Å²) in [6.07, 6.45) is -5.33. The van der Waals surface area contributed by atoms with E-state index in [-0.39, 0.29) is 0 Å². The Morgan fingerprint density at radius 2 is 0.558 bits per heavy atom. The fourth-order valence-corrected chi connectivity index (χ4v) is 716. The topological polar surface area (TPSA) is 0 Å². The number of rotatable bonds is 6. The van der Waals surface area contributed by atoms with Crippen LogP contribution in [0.25, 0.3) is 0 Å². The molecule has 1 fully saturated rings. The maximum atomic E-state index is 3.25. The van der Waals surface area contributed by atoms with Crippen LogP contribution in [0.1, 0.15) is 83.1 Å². The van der Waals surface area contributed by atoms with Gasteiger partial charge in [-0.25, -0.2) is 0 Å². The molecule has 0 nitrogen and oxygen atoms in total. The molecular formula is C32H84Si11. The average Bonchev–Trinajstić information content (AvgIpc) is 2.85. The van der Waals surface area contributed by atoms with Crippen LogP contribution in [0, 0.1) is 0 Å². The highest BCUT2D eigenvalue weighted by Gasteiger charge is 2.94. The molecule has 1 aliphatic rings. The third-order valence-electron chi connectivity index (χ3n) is 14.8. The molecule has 2 radical (unpaired) electrons. The molecule has 0 saturated carbocycles. The summed E-state index contributed by atoms with van der Waals surface area (Å²) in [5, 5.41) is 1.72. The van der Waals surface area contributed by atoms with Crippen LogP contribution in [0.5, 0.6) is 0 Å². The molecule has 1 aliphatic heterocycles. The minimum atomic E-state index is -1.96.